The van der Waals surface area contributed by atoms with E-state index in [4.69, 9.17) is 9.47 Å². The highest BCUT2D eigenvalue weighted by atomic mass is 16.5. The van der Waals surface area contributed by atoms with Crippen molar-refractivity contribution in [2.45, 2.75) is 63.6 Å². The van der Waals surface area contributed by atoms with Gasteiger partial charge in [-0.25, -0.2) is 9.59 Å². The number of anilines is 2. The first-order valence-electron chi connectivity index (χ1n) is 14.4. The highest BCUT2D eigenvalue weighted by Gasteiger charge is 2.42. The van der Waals surface area contributed by atoms with Crippen molar-refractivity contribution in [2.75, 3.05) is 17.7 Å². The van der Waals surface area contributed by atoms with Gasteiger partial charge in [0.25, 0.3) is 0 Å². The number of ketones is 1. The van der Waals surface area contributed by atoms with Gasteiger partial charge in [-0.1, -0.05) is 37.1 Å². The second kappa shape index (κ2) is 13.1. The van der Waals surface area contributed by atoms with Gasteiger partial charge in [0.1, 0.15) is 11.5 Å². The molecule has 0 spiro atoms. The van der Waals surface area contributed by atoms with Crippen molar-refractivity contribution in [3.05, 3.63) is 83.4 Å². The predicted molar refractivity (Wildman–Crippen MR) is 161 cm³/mol. The first-order valence-corrected chi connectivity index (χ1v) is 14.4. The van der Waals surface area contributed by atoms with E-state index in [1.165, 1.54) is 32.1 Å². The molecule has 0 aromatic heterocycles. The fourth-order valence-electron chi connectivity index (χ4n) is 6.02. The summed E-state index contributed by atoms with van der Waals surface area (Å²) in [6.45, 7) is 1.92. The maximum Gasteiger partial charge on any atom is 0.335 e. The zero-order chi connectivity index (χ0) is 29.6. The van der Waals surface area contributed by atoms with Crippen molar-refractivity contribution in [2.24, 2.45) is 5.92 Å². The molecule has 3 unspecified atom stereocenters. The van der Waals surface area contributed by atoms with Crippen molar-refractivity contribution in [3.8, 4) is 11.5 Å². The Labute approximate surface area is 245 Å². The molecule has 3 aromatic rings. The number of nitrogens with one attached hydrogen (secondary N) is 3. The number of hydrogen-bond donors (Lipinski definition) is 4. The molecule has 4 atom stereocenters. The lowest BCUT2D eigenvalue weighted by atomic mass is 9.84. The fourth-order valence-corrected chi connectivity index (χ4v) is 6.02. The number of carboxylic acids is 1. The van der Waals surface area contributed by atoms with Crippen LogP contribution in [0.3, 0.4) is 0 Å². The van der Waals surface area contributed by atoms with E-state index < -0.39 is 18.1 Å². The zero-order valence-corrected chi connectivity index (χ0v) is 23.9. The van der Waals surface area contributed by atoms with Gasteiger partial charge in [0.05, 0.1) is 24.4 Å². The van der Waals surface area contributed by atoms with Crippen LogP contribution in [-0.2, 0) is 11.2 Å². The van der Waals surface area contributed by atoms with Crippen LogP contribution in [0.25, 0.3) is 0 Å². The Morgan fingerprint density at radius 3 is 2.43 bits per heavy atom. The average Bonchev–Trinajstić information content (AvgIpc) is 3.42. The summed E-state index contributed by atoms with van der Waals surface area (Å²) in [5, 5.41) is 18.6. The molecule has 9 nitrogen and oxygen atoms in total. The minimum absolute atomic E-state index is 0.0893. The van der Waals surface area contributed by atoms with Crippen molar-refractivity contribution in [1.82, 2.24) is 5.32 Å². The summed E-state index contributed by atoms with van der Waals surface area (Å²) in [6.07, 6.45) is 4.85. The normalized spacial score (nSPS) is 20.2. The van der Waals surface area contributed by atoms with Gasteiger partial charge >= 0.3 is 12.0 Å². The van der Waals surface area contributed by atoms with E-state index in [1.807, 2.05) is 31.2 Å². The number of amides is 2. The summed E-state index contributed by atoms with van der Waals surface area (Å²) in [4.78, 5) is 37.7. The number of methoxy groups -OCH3 is 1. The molecule has 9 heteroatoms. The summed E-state index contributed by atoms with van der Waals surface area (Å²) >= 11 is 0. The van der Waals surface area contributed by atoms with Crippen LogP contribution in [0.4, 0.5) is 16.2 Å². The van der Waals surface area contributed by atoms with E-state index in [0.717, 1.165) is 30.4 Å². The molecular weight excluding hydrogens is 534 g/mol. The van der Waals surface area contributed by atoms with Crippen LogP contribution in [0, 0.1) is 12.8 Å². The molecule has 1 saturated heterocycles. The Kier molecular flexibility index (Phi) is 9.07. The largest absolute Gasteiger partial charge is 0.495 e. The third kappa shape index (κ3) is 6.91. The lowest BCUT2D eigenvalue weighted by Crippen LogP contribution is -2.47. The molecular formula is C33H37N3O6. The lowest BCUT2D eigenvalue weighted by Gasteiger charge is -2.26. The van der Waals surface area contributed by atoms with Crippen molar-refractivity contribution in [1.29, 1.82) is 0 Å². The van der Waals surface area contributed by atoms with Gasteiger partial charge in [0.15, 0.2) is 11.9 Å². The van der Waals surface area contributed by atoms with E-state index in [1.54, 1.807) is 30.3 Å². The third-order valence-corrected chi connectivity index (χ3v) is 8.23. The number of urea groups is 1. The van der Waals surface area contributed by atoms with E-state index in [-0.39, 0.29) is 23.8 Å². The number of carboxylic acid groups (broad SMARTS) is 1. The predicted octanol–water partition coefficient (Wildman–Crippen LogP) is 5.83. The average molecular weight is 572 g/mol. The summed E-state index contributed by atoms with van der Waals surface area (Å²) < 4.78 is 11.8. The van der Waals surface area contributed by atoms with Gasteiger partial charge in [-0.15, -0.1) is 0 Å². The number of aromatic carboxylic acids is 1. The number of carbonyl (C=O) groups is 3. The lowest BCUT2D eigenvalue weighted by molar-refractivity contribution is -0.126. The second-order valence-corrected chi connectivity index (χ2v) is 11.1. The molecule has 1 saturated carbocycles. The standard InChI is InChI=1S/C33H37N3O6/c1-20-7-3-5-9-25(20)35-33(40)36-27-16-11-21(18-30(27)41-2)17-29(37)31(28-19-23-8-4-6-10-26(23)34-28)42-24-14-12-22(13-15-24)32(38)39/h3,5,7,9,11-16,18,23,26,28,31,34H,4,6,8,10,17,19H2,1-2H3,(H,38,39)(H2,35,36,40)/t23?,26?,28-,31?/m0/s1. The van der Waals surface area contributed by atoms with Crippen LogP contribution < -0.4 is 25.4 Å². The SMILES string of the molecule is COc1cc(CC(=O)C(Oc2ccc(C(=O)O)cc2)[C@@H]2CC3CCCCC3N2)ccc1NC(=O)Nc1ccccc1C. The van der Waals surface area contributed by atoms with Crippen LogP contribution in [0.2, 0.25) is 0 Å². The van der Waals surface area contributed by atoms with Crippen LogP contribution in [0.5, 0.6) is 11.5 Å². The molecule has 0 radical (unpaired) electrons. The number of hydrogen-bond acceptors (Lipinski definition) is 6. The number of fused-ring (bicyclic) bond motifs is 1. The third-order valence-electron chi connectivity index (χ3n) is 8.23. The van der Waals surface area contributed by atoms with Gasteiger partial charge in [-0.05, 0) is 85.7 Å². The number of aryl methyl sites for hydroxylation is 1. The molecule has 3 aromatic carbocycles. The first kappa shape index (κ1) is 29.1. The number of ether oxygens (including phenoxy) is 2. The molecule has 1 aliphatic carbocycles. The first-order chi connectivity index (χ1) is 20.3. The van der Waals surface area contributed by atoms with Crippen LogP contribution in [0.15, 0.2) is 66.7 Å². The van der Waals surface area contributed by atoms with Gasteiger partial charge in [-0.2, -0.15) is 0 Å². The van der Waals surface area contributed by atoms with Crippen LogP contribution in [0.1, 0.15) is 53.6 Å². The molecule has 42 heavy (non-hydrogen) atoms. The van der Waals surface area contributed by atoms with Crippen LogP contribution >= 0.6 is 0 Å². The molecule has 4 N–H and O–H groups in total. The fraction of sp³-hybridized carbons (Fsp3) is 0.364. The Bertz CT molecular complexity index is 1430. The molecule has 2 aliphatic rings. The van der Waals surface area contributed by atoms with Crippen molar-refractivity contribution >= 4 is 29.2 Å². The molecule has 5 rings (SSSR count). The number of carbonyl (C=O) groups excluding carboxylic acids is 2. The van der Waals surface area contributed by atoms with Crippen molar-refractivity contribution < 1.29 is 29.0 Å². The maximum absolute atomic E-state index is 13.8. The molecule has 1 aliphatic heterocycles. The smallest absolute Gasteiger partial charge is 0.335 e. The van der Waals surface area contributed by atoms with E-state index in [0.29, 0.717) is 34.8 Å². The Morgan fingerprint density at radius 1 is 0.976 bits per heavy atom. The summed E-state index contributed by atoms with van der Waals surface area (Å²) in [5.74, 6) is 0.302. The second-order valence-electron chi connectivity index (χ2n) is 11.1. The Morgan fingerprint density at radius 2 is 1.71 bits per heavy atom. The van der Waals surface area contributed by atoms with Crippen molar-refractivity contribution in [3.63, 3.8) is 0 Å². The van der Waals surface area contributed by atoms with E-state index >= 15 is 0 Å². The number of para-hydroxylation sites is 1. The van der Waals surface area contributed by atoms with Gasteiger partial charge in [-0.3, -0.25) is 4.79 Å². The number of rotatable bonds is 10. The number of Topliss-reactive ketones (excluding diaryl/α,β-unsaturated/α-hetero) is 1. The maximum atomic E-state index is 13.8. The highest BCUT2D eigenvalue weighted by molar-refractivity contribution is 6.01. The van der Waals surface area contributed by atoms with Gasteiger partial charge in [0.2, 0.25) is 0 Å². The minimum Gasteiger partial charge on any atom is -0.495 e. The Hall–Kier alpha value is -4.37. The number of benzene rings is 3. The molecule has 0 bridgehead atoms. The topological polar surface area (TPSA) is 126 Å². The van der Waals surface area contributed by atoms with Gasteiger partial charge in [0, 0.05) is 18.2 Å². The van der Waals surface area contributed by atoms with E-state index in [2.05, 4.69) is 16.0 Å². The minimum atomic E-state index is -1.02. The van der Waals surface area contributed by atoms with E-state index in [9.17, 15) is 19.5 Å². The molecule has 2 fully saturated rings. The summed E-state index contributed by atoms with van der Waals surface area (Å²) in [5.41, 5.74) is 3.02. The zero-order valence-electron chi connectivity index (χ0n) is 23.9. The monoisotopic (exact) mass is 571 g/mol. The summed E-state index contributed by atoms with van der Waals surface area (Å²) in [6, 6.07) is 18.8. The van der Waals surface area contributed by atoms with Crippen LogP contribution in [-0.4, -0.2) is 48.2 Å². The van der Waals surface area contributed by atoms with Gasteiger partial charge < -0.3 is 30.5 Å². The molecule has 220 valence electrons. The quantitative estimate of drug-likeness (QED) is 0.241. The molecule has 1 heterocycles. The highest BCUT2D eigenvalue weighted by Crippen LogP contribution is 2.35. The molecule has 2 amide bonds. The summed E-state index contributed by atoms with van der Waals surface area (Å²) in [7, 11) is 1.52. The Balaban J connectivity index is 1.30.